The minimum absolute atomic E-state index is 0.00424. The van der Waals surface area contributed by atoms with E-state index in [-0.39, 0.29) is 17.9 Å². The lowest BCUT2D eigenvalue weighted by Gasteiger charge is -2.17. The predicted octanol–water partition coefficient (Wildman–Crippen LogP) is 9.32. The molecule has 10 heteroatoms. The van der Waals surface area contributed by atoms with Crippen molar-refractivity contribution in [2.75, 3.05) is 0 Å². The molecule has 0 atom stereocenters. The van der Waals surface area contributed by atoms with Gasteiger partial charge in [0.05, 0.1) is 17.4 Å². The first-order valence-corrected chi connectivity index (χ1v) is 15.5. The monoisotopic (exact) mass is 652 g/mol. The highest BCUT2D eigenvalue weighted by Crippen LogP contribution is 2.40. The van der Waals surface area contributed by atoms with Gasteiger partial charge in [-0.1, -0.05) is 66.4 Å². The summed E-state index contributed by atoms with van der Waals surface area (Å²) < 4.78 is 91.3. The molecule has 2 aliphatic rings. The van der Waals surface area contributed by atoms with E-state index >= 15 is 0 Å². The number of rotatable bonds is 6. The van der Waals surface area contributed by atoms with E-state index in [1.54, 1.807) is 22.6 Å². The molecule has 0 bridgehead atoms. The van der Waals surface area contributed by atoms with Crippen molar-refractivity contribution in [2.45, 2.75) is 44.6 Å². The number of hydrogen-bond donors (Lipinski definition) is 0. The minimum atomic E-state index is -4.68. The van der Waals surface area contributed by atoms with Crippen molar-refractivity contribution in [1.29, 1.82) is 0 Å². The van der Waals surface area contributed by atoms with Gasteiger partial charge in [-0.25, -0.2) is 0 Å². The van der Waals surface area contributed by atoms with Gasteiger partial charge in [-0.05, 0) is 52.5 Å². The average molecular weight is 653 g/mol. The van der Waals surface area contributed by atoms with Gasteiger partial charge in [-0.15, -0.1) is 0 Å². The first-order chi connectivity index (χ1) is 22.0. The van der Waals surface area contributed by atoms with Crippen LogP contribution in [0.15, 0.2) is 119 Å². The van der Waals surface area contributed by atoms with Crippen molar-refractivity contribution in [3.8, 4) is 22.5 Å². The number of aryl methyl sites for hydroxylation is 1. The molecule has 46 heavy (non-hydrogen) atoms. The molecular weight excluding hydrogens is 622 g/mol. The number of pyridine rings is 2. The summed E-state index contributed by atoms with van der Waals surface area (Å²) in [5, 5.41) is 0.929. The Bertz CT molecular complexity index is 1870. The van der Waals surface area contributed by atoms with Crippen molar-refractivity contribution in [1.82, 2.24) is 0 Å². The molecule has 0 spiro atoms. The highest BCUT2D eigenvalue weighted by Gasteiger charge is 2.37. The smallest absolute Gasteiger partial charge is 0.416 e. The number of halogens is 6. The fourth-order valence-electron chi connectivity index (χ4n) is 5.74. The molecule has 0 fully saturated rings. The van der Waals surface area contributed by atoms with Crippen LogP contribution >= 0.6 is 11.8 Å². The Labute approximate surface area is 267 Å². The van der Waals surface area contributed by atoms with Crippen molar-refractivity contribution >= 4 is 11.8 Å². The van der Waals surface area contributed by atoms with Crippen LogP contribution in [0, 0.1) is 0 Å². The van der Waals surface area contributed by atoms with Gasteiger partial charge in [0.25, 0.3) is 11.4 Å². The third kappa shape index (κ3) is 6.92. The summed E-state index contributed by atoms with van der Waals surface area (Å²) in [6.07, 6.45) is 2.56. The molecule has 0 unspecified atom stereocenters. The molecule has 2 aromatic carbocycles. The Kier molecular flexibility index (Phi) is 8.83. The zero-order chi connectivity index (χ0) is 32.5. The van der Waals surface area contributed by atoms with Gasteiger partial charge in [0.2, 0.25) is 0 Å². The van der Waals surface area contributed by atoms with Crippen LogP contribution in [0.25, 0.3) is 22.5 Å². The number of thioether (sulfide) groups is 1. The Hall–Kier alpha value is -4.31. The molecule has 3 nitrogen and oxygen atoms in total. The van der Waals surface area contributed by atoms with Crippen LogP contribution in [0.4, 0.5) is 26.3 Å². The highest BCUT2D eigenvalue weighted by atomic mass is 32.2. The summed E-state index contributed by atoms with van der Waals surface area (Å²) in [4.78, 5) is 1.17. The third-order valence-corrected chi connectivity index (χ3v) is 9.24. The van der Waals surface area contributed by atoms with Gasteiger partial charge in [0.15, 0.2) is 24.0 Å². The summed E-state index contributed by atoms with van der Waals surface area (Å²) >= 11 is 1.64. The average Bonchev–Trinajstić information content (AvgIpc) is 3.23. The van der Waals surface area contributed by atoms with E-state index in [1.807, 2.05) is 48.5 Å². The zero-order valence-corrected chi connectivity index (χ0v) is 25.6. The summed E-state index contributed by atoms with van der Waals surface area (Å²) in [5.41, 5.74) is 3.16. The van der Waals surface area contributed by atoms with E-state index in [4.69, 9.17) is 4.74 Å². The molecule has 0 amide bonds. The third-order valence-electron chi connectivity index (χ3n) is 8.10. The summed E-state index contributed by atoms with van der Waals surface area (Å²) in [6, 6.07) is 19.3. The summed E-state index contributed by atoms with van der Waals surface area (Å²) in [6.45, 7) is 0.127. The Morgan fingerprint density at radius 1 is 0.783 bits per heavy atom. The maximum atomic E-state index is 13.8. The lowest BCUT2D eigenvalue weighted by molar-refractivity contribution is -0.699. The van der Waals surface area contributed by atoms with Crippen LogP contribution in [0.2, 0.25) is 0 Å². The number of hydrogen-bond acceptors (Lipinski definition) is 2. The first kappa shape index (κ1) is 31.7. The number of alkyl halides is 6. The van der Waals surface area contributed by atoms with Gasteiger partial charge in [0.1, 0.15) is 7.05 Å². The van der Waals surface area contributed by atoms with Gasteiger partial charge >= 0.3 is 12.4 Å². The molecule has 2 aromatic heterocycles. The van der Waals surface area contributed by atoms with Crippen LogP contribution in [0.5, 0.6) is 0 Å². The molecule has 0 radical (unpaired) electrons. The molecule has 4 aromatic rings. The first-order valence-electron chi connectivity index (χ1n) is 14.7. The van der Waals surface area contributed by atoms with Crippen LogP contribution in [0.1, 0.15) is 41.5 Å². The van der Waals surface area contributed by atoms with E-state index in [9.17, 15) is 26.3 Å². The number of benzene rings is 2. The molecule has 0 saturated carbocycles. The summed E-state index contributed by atoms with van der Waals surface area (Å²) in [5.74, 6) is 0. The fraction of sp³-hybridized carbons (Fsp3) is 0.222. The number of allylic oxidation sites excluding steroid dienone is 4. The van der Waals surface area contributed by atoms with E-state index in [0.717, 1.165) is 70.9 Å². The maximum Gasteiger partial charge on any atom is 0.416 e. The second kappa shape index (κ2) is 12.8. The molecule has 0 N–H and O–H groups in total. The fourth-order valence-corrected chi connectivity index (χ4v) is 6.84. The summed E-state index contributed by atoms with van der Waals surface area (Å²) in [7, 11) is 1.51. The lowest BCUT2D eigenvalue weighted by Crippen LogP contribution is -2.42. The van der Waals surface area contributed by atoms with Crippen molar-refractivity contribution in [3.05, 3.63) is 141 Å². The van der Waals surface area contributed by atoms with Gasteiger partial charge in [-0.3, -0.25) is 0 Å². The molecule has 4 heterocycles. The van der Waals surface area contributed by atoms with Gasteiger partial charge < -0.3 is 4.74 Å². The SMILES string of the molecule is C[n+]1ccc(C(F)(F)F)cc1-c1cc(C(F)(F)F)cc[n+]1Cc1ccccc1-c1ccccc1CC1=CCCC2=C(OC=CC2)S1. The van der Waals surface area contributed by atoms with Gasteiger partial charge in [0, 0.05) is 36.2 Å². The molecule has 2 aliphatic heterocycles. The molecule has 6 rings (SSSR count). The molecule has 236 valence electrons. The largest absolute Gasteiger partial charge is 0.458 e. The van der Waals surface area contributed by atoms with Crippen molar-refractivity contribution < 1.29 is 40.2 Å². The van der Waals surface area contributed by atoms with Crippen molar-refractivity contribution in [2.24, 2.45) is 7.05 Å². The Morgan fingerprint density at radius 2 is 1.41 bits per heavy atom. The van der Waals surface area contributed by atoms with E-state index < -0.39 is 23.5 Å². The van der Waals surface area contributed by atoms with Gasteiger partial charge in [-0.2, -0.15) is 35.5 Å². The maximum absolute atomic E-state index is 13.8. The minimum Gasteiger partial charge on any atom is -0.458 e. The van der Waals surface area contributed by atoms with Crippen LogP contribution < -0.4 is 9.13 Å². The number of aromatic nitrogens is 2. The highest BCUT2D eigenvalue weighted by molar-refractivity contribution is 8.06. The second-order valence-corrected chi connectivity index (χ2v) is 12.3. The predicted molar refractivity (Wildman–Crippen MR) is 165 cm³/mol. The molecule has 0 saturated heterocycles. The Balaban J connectivity index is 1.39. The quantitative estimate of drug-likeness (QED) is 0.153. The lowest BCUT2D eigenvalue weighted by atomic mass is 9.93. The number of ether oxygens (including phenoxy) is 1. The number of nitrogens with zero attached hydrogens (tertiary/aromatic N) is 2. The standard InChI is InChI=1S/C36H30F6N2OS/c1-43-17-15-27(35(37,38)39)21-32(43)33-22-28(36(40,41)42)16-18-44(33)23-26-9-3-5-14-31(26)30-13-4-2-8-25(30)20-29-12-6-10-24-11-7-19-45-34(24)46-29/h2-5,7-9,12-19,21-22H,6,10-11,20,23H2,1H3/q+2. The normalized spacial score (nSPS) is 15.2. The zero-order valence-electron chi connectivity index (χ0n) is 24.8. The van der Waals surface area contributed by atoms with E-state index in [1.165, 1.54) is 34.5 Å². The van der Waals surface area contributed by atoms with Crippen LogP contribution in [-0.4, -0.2) is 0 Å². The second-order valence-electron chi connectivity index (χ2n) is 11.2. The molecular formula is C36H30F6N2OS+2. The Morgan fingerprint density at radius 3 is 2.13 bits per heavy atom. The van der Waals surface area contributed by atoms with Crippen LogP contribution in [0.3, 0.4) is 0 Å². The topological polar surface area (TPSA) is 17.0 Å². The molecule has 0 aliphatic carbocycles. The van der Waals surface area contributed by atoms with Crippen LogP contribution in [-0.2, 0) is 37.1 Å². The van der Waals surface area contributed by atoms with E-state index in [2.05, 4.69) is 12.1 Å². The van der Waals surface area contributed by atoms with E-state index in [0.29, 0.717) is 6.42 Å². The van der Waals surface area contributed by atoms with Crippen molar-refractivity contribution in [3.63, 3.8) is 0 Å².